The molecule has 1 atom stereocenters. The highest BCUT2D eigenvalue weighted by molar-refractivity contribution is 6.31. The molecule has 4 rings (SSSR count). The number of anilines is 1. The fraction of sp³-hybridized carbons (Fsp3) is 0.414. The summed E-state index contributed by atoms with van der Waals surface area (Å²) < 4.78 is 31.7. The fourth-order valence-corrected chi connectivity index (χ4v) is 5.46. The Kier molecular flexibility index (Phi) is 7.87. The monoisotopic (exact) mass is 560 g/mol. The van der Waals surface area contributed by atoms with Crippen LogP contribution in [0.2, 0.25) is 5.02 Å². The van der Waals surface area contributed by atoms with Gasteiger partial charge in [-0.2, -0.15) is 0 Å². The van der Waals surface area contributed by atoms with E-state index in [1.807, 2.05) is 27.7 Å². The number of carboxylic acid groups (broad SMARTS) is 1. The molecule has 1 aliphatic rings. The van der Waals surface area contributed by atoms with Crippen LogP contribution in [0.5, 0.6) is 0 Å². The van der Waals surface area contributed by atoms with Crippen molar-refractivity contribution in [3.8, 4) is 0 Å². The molecule has 0 saturated carbocycles. The number of aromatic carboxylic acids is 1. The van der Waals surface area contributed by atoms with Gasteiger partial charge in [0.15, 0.2) is 5.82 Å². The van der Waals surface area contributed by atoms with Gasteiger partial charge in [-0.25, -0.2) is 13.6 Å². The Morgan fingerprint density at radius 1 is 1.10 bits per heavy atom. The van der Waals surface area contributed by atoms with Crippen LogP contribution in [0.4, 0.5) is 14.5 Å². The highest BCUT2D eigenvalue weighted by Gasteiger charge is 2.30. The van der Waals surface area contributed by atoms with Crippen molar-refractivity contribution in [1.82, 2.24) is 4.57 Å². The minimum absolute atomic E-state index is 0.0443. The number of hydrogen-bond donors (Lipinski definition) is 2. The number of carbonyl (C=O) groups excluding carboxylic acids is 1. The van der Waals surface area contributed by atoms with E-state index >= 15 is 4.39 Å². The van der Waals surface area contributed by atoms with Crippen LogP contribution < -0.4 is 10.3 Å². The Balaban J connectivity index is 1.95. The van der Waals surface area contributed by atoms with Gasteiger partial charge in [0, 0.05) is 31.0 Å². The predicted molar refractivity (Wildman–Crippen MR) is 146 cm³/mol. The first kappa shape index (κ1) is 28.7. The van der Waals surface area contributed by atoms with E-state index in [0.29, 0.717) is 30.5 Å². The van der Waals surface area contributed by atoms with Crippen LogP contribution in [0.1, 0.15) is 73.6 Å². The van der Waals surface area contributed by atoms with Gasteiger partial charge in [-0.3, -0.25) is 9.59 Å². The molecule has 0 bridgehead atoms. The van der Waals surface area contributed by atoms with Gasteiger partial charge in [0.25, 0.3) is 0 Å². The van der Waals surface area contributed by atoms with E-state index in [1.165, 1.54) is 23.2 Å². The molecule has 1 aromatic heterocycles. The van der Waals surface area contributed by atoms with Crippen molar-refractivity contribution >= 4 is 40.1 Å². The lowest BCUT2D eigenvalue weighted by Gasteiger charge is -2.33. The van der Waals surface area contributed by atoms with Crippen LogP contribution in [-0.2, 0) is 17.6 Å². The Hall–Kier alpha value is -3.30. The van der Waals surface area contributed by atoms with E-state index in [9.17, 15) is 29.0 Å². The van der Waals surface area contributed by atoms with Gasteiger partial charge in [0.1, 0.15) is 16.4 Å². The second kappa shape index (κ2) is 10.7. The number of nitrogens with zero attached hydrogens (tertiary/aromatic N) is 2. The lowest BCUT2D eigenvalue weighted by atomic mass is 9.86. The molecular formula is C29H31ClF2N2O5. The number of amides is 1. The van der Waals surface area contributed by atoms with Crippen LogP contribution in [-0.4, -0.2) is 39.8 Å². The largest absolute Gasteiger partial charge is 0.477 e. The summed E-state index contributed by atoms with van der Waals surface area (Å²) in [4.78, 5) is 38.8. The highest BCUT2D eigenvalue weighted by atomic mass is 35.5. The predicted octanol–water partition coefficient (Wildman–Crippen LogP) is 5.49. The number of aryl methyl sites for hydroxylation is 1. The van der Waals surface area contributed by atoms with Gasteiger partial charge >= 0.3 is 5.97 Å². The SMILES string of the molecule is CCc1cc2c(cc1Cc1cc(N3CCCC3=O)c(F)c(Cl)c1F)c(=O)c(C(=O)O)cn2[C@H](CO)C(C)(C)C. The van der Waals surface area contributed by atoms with E-state index in [1.54, 1.807) is 10.6 Å². The number of aliphatic hydroxyl groups excluding tert-OH is 1. The normalized spacial score (nSPS) is 14.9. The second-order valence-electron chi connectivity index (χ2n) is 11.0. The van der Waals surface area contributed by atoms with E-state index in [-0.39, 0.29) is 42.0 Å². The van der Waals surface area contributed by atoms with Crippen LogP contribution in [0, 0.1) is 17.0 Å². The molecule has 39 heavy (non-hydrogen) atoms. The Bertz CT molecular complexity index is 1540. The van der Waals surface area contributed by atoms with E-state index in [2.05, 4.69) is 0 Å². The number of aliphatic hydroxyl groups is 1. The summed E-state index contributed by atoms with van der Waals surface area (Å²) in [6, 6.07) is 4.02. The highest BCUT2D eigenvalue weighted by Crippen LogP contribution is 2.36. The molecule has 2 N–H and O–H groups in total. The lowest BCUT2D eigenvalue weighted by Crippen LogP contribution is -2.30. The quantitative estimate of drug-likeness (QED) is 0.372. The molecule has 10 heteroatoms. The summed E-state index contributed by atoms with van der Waals surface area (Å²) in [6.45, 7) is 7.59. The summed E-state index contributed by atoms with van der Waals surface area (Å²) in [5.74, 6) is -3.65. The maximum absolute atomic E-state index is 15.2. The van der Waals surface area contributed by atoms with Crippen molar-refractivity contribution in [3.63, 3.8) is 0 Å². The standard InChI is InChI=1S/C29H31ClF2N2O5/c1-5-15-11-20-18(27(37)19(28(38)39)13-34(20)22(14-35)29(2,3)4)10-16(15)9-17-12-21(26(32)24(30)25(17)31)33-8-6-7-23(33)36/h10-13,22,35H,5-9,14H2,1-4H3,(H,38,39)/t22-/m1/s1. The van der Waals surface area contributed by atoms with Crippen LogP contribution in [0.25, 0.3) is 10.9 Å². The van der Waals surface area contributed by atoms with Crippen LogP contribution >= 0.6 is 11.6 Å². The van der Waals surface area contributed by atoms with Crippen molar-refractivity contribution in [2.45, 2.75) is 59.4 Å². The molecule has 1 fully saturated rings. The molecule has 1 saturated heterocycles. The first-order valence-electron chi connectivity index (χ1n) is 12.8. The molecule has 2 aromatic carbocycles. The number of pyridine rings is 1. The molecule has 0 radical (unpaired) electrons. The molecule has 1 aliphatic heterocycles. The number of carboxylic acids is 1. The lowest BCUT2D eigenvalue weighted by molar-refractivity contribution is -0.117. The zero-order chi connectivity index (χ0) is 28.8. The molecule has 0 spiro atoms. The van der Waals surface area contributed by atoms with Crippen molar-refractivity contribution < 1.29 is 28.6 Å². The van der Waals surface area contributed by atoms with E-state index in [0.717, 1.165) is 5.56 Å². The van der Waals surface area contributed by atoms with Crippen molar-refractivity contribution in [2.24, 2.45) is 5.41 Å². The summed E-state index contributed by atoms with van der Waals surface area (Å²) in [7, 11) is 0. The second-order valence-corrected chi connectivity index (χ2v) is 11.3. The Morgan fingerprint density at radius 2 is 1.79 bits per heavy atom. The van der Waals surface area contributed by atoms with E-state index < -0.39 is 45.1 Å². The fourth-order valence-electron chi connectivity index (χ4n) is 5.24. The Labute approximate surface area is 229 Å². The van der Waals surface area contributed by atoms with Crippen LogP contribution in [0.15, 0.2) is 29.2 Å². The number of benzene rings is 2. The number of fused-ring (bicyclic) bond motifs is 1. The van der Waals surface area contributed by atoms with Crippen molar-refractivity contribution in [3.05, 3.63) is 73.5 Å². The number of rotatable bonds is 7. The zero-order valence-electron chi connectivity index (χ0n) is 22.3. The summed E-state index contributed by atoms with van der Waals surface area (Å²) in [5, 5.41) is 19.3. The number of carbonyl (C=O) groups is 2. The van der Waals surface area contributed by atoms with Gasteiger partial charge in [0.05, 0.1) is 23.9 Å². The third-order valence-corrected chi connectivity index (χ3v) is 7.75. The third-order valence-electron chi connectivity index (χ3n) is 7.42. The number of halogens is 3. The molecular weight excluding hydrogens is 530 g/mol. The van der Waals surface area contributed by atoms with Gasteiger partial charge in [-0.15, -0.1) is 0 Å². The maximum Gasteiger partial charge on any atom is 0.341 e. The first-order valence-corrected chi connectivity index (χ1v) is 13.2. The molecule has 208 valence electrons. The number of hydrogen-bond acceptors (Lipinski definition) is 4. The average molecular weight is 561 g/mol. The molecule has 0 aliphatic carbocycles. The molecule has 7 nitrogen and oxygen atoms in total. The van der Waals surface area contributed by atoms with E-state index in [4.69, 9.17) is 11.6 Å². The van der Waals surface area contributed by atoms with Gasteiger partial charge < -0.3 is 19.7 Å². The van der Waals surface area contributed by atoms with Crippen molar-refractivity contribution in [2.75, 3.05) is 18.1 Å². The van der Waals surface area contributed by atoms with Gasteiger partial charge in [-0.05, 0) is 53.1 Å². The van der Waals surface area contributed by atoms with Gasteiger partial charge in [0.2, 0.25) is 11.3 Å². The minimum atomic E-state index is -1.40. The summed E-state index contributed by atoms with van der Waals surface area (Å²) >= 11 is 6.01. The summed E-state index contributed by atoms with van der Waals surface area (Å²) in [5.41, 5.74) is 0.0494. The van der Waals surface area contributed by atoms with Gasteiger partial charge in [-0.1, -0.05) is 39.3 Å². The van der Waals surface area contributed by atoms with Crippen molar-refractivity contribution in [1.29, 1.82) is 0 Å². The maximum atomic E-state index is 15.2. The smallest absolute Gasteiger partial charge is 0.341 e. The topological polar surface area (TPSA) is 99.8 Å². The molecule has 2 heterocycles. The summed E-state index contributed by atoms with van der Waals surface area (Å²) in [6.07, 6.45) is 2.49. The average Bonchev–Trinajstić information content (AvgIpc) is 3.30. The minimum Gasteiger partial charge on any atom is -0.477 e. The Morgan fingerprint density at radius 3 is 2.33 bits per heavy atom. The number of aromatic nitrogens is 1. The first-order chi connectivity index (χ1) is 18.3. The molecule has 0 unspecified atom stereocenters. The van der Waals surface area contributed by atoms with Crippen LogP contribution in [0.3, 0.4) is 0 Å². The zero-order valence-corrected chi connectivity index (χ0v) is 23.0. The molecule has 1 amide bonds. The molecule has 3 aromatic rings. The third kappa shape index (κ3) is 5.17.